The van der Waals surface area contributed by atoms with Gasteiger partial charge in [0.1, 0.15) is 11.5 Å². The molecule has 0 spiro atoms. The summed E-state index contributed by atoms with van der Waals surface area (Å²) < 4.78 is 7.20. The van der Waals surface area contributed by atoms with Crippen molar-refractivity contribution in [3.63, 3.8) is 0 Å². The minimum Gasteiger partial charge on any atom is -0.456 e. The van der Waals surface area contributed by atoms with Gasteiger partial charge in [-0.2, -0.15) is 0 Å². The van der Waals surface area contributed by atoms with Crippen LogP contribution in [-0.2, 0) is 5.41 Å². The maximum atomic E-state index is 7.20. The minimum absolute atomic E-state index is 0.569. The first-order chi connectivity index (χ1) is 36.7. The highest BCUT2D eigenvalue weighted by molar-refractivity contribution is 6.10. The summed E-state index contributed by atoms with van der Waals surface area (Å²) in [7, 11) is 0. The number of benzene rings is 12. The summed E-state index contributed by atoms with van der Waals surface area (Å²) in [6.45, 7) is 0. The molecule has 348 valence electrons. The highest BCUT2D eigenvalue weighted by Gasteiger charge is 2.46. The normalized spacial score (nSPS) is 12.5. The Kier molecular flexibility index (Phi) is 10.4. The predicted molar refractivity (Wildman–Crippen MR) is 307 cm³/mol. The molecule has 0 aromatic heterocycles. The molecule has 74 heavy (non-hydrogen) atoms. The van der Waals surface area contributed by atoms with Gasteiger partial charge in [0, 0.05) is 39.8 Å². The zero-order chi connectivity index (χ0) is 49.0. The number of hydrogen-bond acceptors (Lipinski definition) is 3. The van der Waals surface area contributed by atoms with Gasteiger partial charge in [0.25, 0.3) is 0 Å². The number of anilines is 6. The molecule has 0 fully saturated rings. The van der Waals surface area contributed by atoms with Crippen LogP contribution in [0.15, 0.2) is 291 Å². The van der Waals surface area contributed by atoms with Crippen molar-refractivity contribution in [2.75, 3.05) is 9.80 Å². The summed E-state index contributed by atoms with van der Waals surface area (Å²) in [5.41, 5.74) is 20.1. The highest BCUT2D eigenvalue weighted by atomic mass is 16.5. The number of rotatable bonds is 10. The molecule has 12 aromatic carbocycles. The molecule has 0 N–H and O–H groups in total. The molecule has 0 unspecified atom stereocenters. The third-order valence-electron chi connectivity index (χ3n) is 15.1. The van der Waals surface area contributed by atoms with Gasteiger partial charge < -0.3 is 14.5 Å². The van der Waals surface area contributed by atoms with Crippen molar-refractivity contribution in [1.29, 1.82) is 0 Å². The van der Waals surface area contributed by atoms with Gasteiger partial charge in [-0.15, -0.1) is 0 Å². The maximum absolute atomic E-state index is 7.20. The van der Waals surface area contributed by atoms with Crippen LogP contribution in [0.5, 0.6) is 11.5 Å². The van der Waals surface area contributed by atoms with Gasteiger partial charge in [-0.3, -0.25) is 0 Å². The third-order valence-corrected chi connectivity index (χ3v) is 15.1. The lowest BCUT2D eigenvalue weighted by Gasteiger charge is -2.35. The first-order valence-electron chi connectivity index (χ1n) is 25.4. The lowest BCUT2D eigenvalue weighted by atomic mass is 9.67. The molecular formula is C71H48N2O. The van der Waals surface area contributed by atoms with Crippen LogP contribution in [0.2, 0.25) is 0 Å². The van der Waals surface area contributed by atoms with Crippen molar-refractivity contribution in [2.24, 2.45) is 0 Å². The molecule has 0 saturated carbocycles. The summed E-state index contributed by atoms with van der Waals surface area (Å²) in [5, 5.41) is 2.19. The Morgan fingerprint density at radius 1 is 0.284 bits per heavy atom. The van der Waals surface area contributed by atoms with Gasteiger partial charge in [-0.1, -0.05) is 218 Å². The molecule has 0 radical (unpaired) electrons. The molecule has 1 aliphatic carbocycles. The Morgan fingerprint density at radius 2 is 0.770 bits per heavy atom. The number of para-hydroxylation sites is 2. The Hall–Kier alpha value is -9.70. The van der Waals surface area contributed by atoms with Crippen LogP contribution in [0.25, 0.3) is 55.3 Å². The molecular weight excluding hydrogens is 897 g/mol. The number of hydrogen-bond donors (Lipinski definition) is 0. The zero-order valence-electron chi connectivity index (χ0n) is 40.5. The Labute approximate surface area is 432 Å². The van der Waals surface area contributed by atoms with Crippen LogP contribution in [0.1, 0.15) is 22.3 Å². The van der Waals surface area contributed by atoms with E-state index in [4.69, 9.17) is 4.74 Å². The van der Waals surface area contributed by atoms with Crippen LogP contribution in [0.4, 0.5) is 34.1 Å². The third kappa shape index (κ3) is 7.04. The molecule has 0 bridgehead atoms. The Morgan fingerprint density at radius 3 is 1.41 bits per heavy atom. The molecule has 14 rings (SSSR count). The van der Waals surface area contributed by atoms with Crippen LogP contribution in [0.3, 0.4) is 0 Å². The second kappa shape index (κ2) is 17.9. The average Bonchev–Trinajstić information content (AvgIpc) is 3.77. The van der Waals surface area contributed by atoms with Crippen molar-refractivity contribution in [3.8, 4) is 56.0 Å². The lowest BCUT2D eigenvalue weighted by Crippen LogP contribution is -2.28. The van der Waals surface area contributed by atoms with Gasteiger partial charge in [-0.05, 0) is 133 Å². The van der Waals surface area contributed by atoms with Crippen LogP contribution in [0, 0.1) is 0 Å². The summed E-state index contributed by atoms with van der Waals surface area (Å²) in [6.07, 6.45) is 0. The fraction of sp³-hybridized carbons (Fsp3) is 0.0141. The van der Waals surface area contributed by atoms with E-state index in [0.717, 1.165) is 73.1 Å². The molecule has 0 amide bonds. The summed E-state index contributed by atoms with van der Waals surface area (Å²) in [4.78, 5) is 4.75. The van der Waals surface area contributed by atoms with Crippen LogP contribution < -0.4 is 14.5 Å². The second-order valence-corrected chi connectivity index (χ2v) is 19.2. The first-order valence-corrected chi connectivity index (χ1v) is 25.4. The largest absolute Gasteiger partial charge is 0.456 e. The standard InChI is InChI=1S/C71H48N2O/c1-6-20-49(21-7-1)50-36-38-51(39-37-50)52-40-42-58(43-41-52)73(59-44-45-62-61-31-16-17-33-64(61)71(65(62)47-59,54-23-8-2-9-24-54)55-25-10-3-11-26-55)66-34-19-35-67-70(66)63-32-18-22-53-46-60(48-68(74-67)69(53)63)72(56-27-12-4-13-28-56)57-29-14-5-15-30-57/h1-48H. The maximum Gasteiger partial charge on any atom is 0.138 e. The quantitative estimate of drug-likeness (QED) is 0.136. The molecule has 1 aliphatic heterocycles. The fourth-order valence-corrected chi connectivity index (χ4v) is 11.9. The fourth-order valence-electron chi connectivity index (χ4n) is 11.9. The summed E-state index contributed by atoms with van der Waals surface area (Å²) >= 11 is 0. The van der Waals surface area contributed by atoms with E-state index in [2.05, 4.69) is 301 Å². The molecule has 1 heterocycles. The van der Waals surface area contributed by atoms with E-state index in [0.29, 0.717) is 0 Å². The van der Waals surface area contributed by atoms with Crippen LogP contribution >= 0.6 is 0 Å². The van der Waals surface area contributed by atoms with Crippen LogP contribution in [-0.4, -0.2) is 0 Å². The van der Waals surface area contributed by atoms with Gasteiger partial charge in [0.2, 0.25) is 0 Å². The zero-order valence-corrected chi connectivity index (χ0v) is 40.5. The van der Waals surface area contributed by atoms with Gasteiger partial charge >= 0.3 is 0 Å². The van der Waals surface area contributed by atoms with Crippen molar-refractivity contribution in [3.05, 3.63) is 313 Å². The first kappa shape index (κ1) is 43.1. The molecule has 12 aromatic rings. The number of ether oxygens (including phenoxy) is 1. The van der Waals surface area contributed by atoms with E-state index in [1.165, 1.54) is 50.1 Å². The van der Waals surface area contributed by atoms with Gasteiger partial charge in [0.05, 0.1) is 16.8 Å². The monoisotopic (exact) mass is 944 g/mol. The molecule has 0 atom stereocenters. The highest BCUT2D eigenvalue weighted by Crippen LogP contribution is 2.59. The average molecular weight is 945 g/mol. The number of fused-ring (bicyclic) bond motifs is 5. The van der Waals surface area contributed by atoms with E-state index < -0.39 is 5.41 Å². The summed E-state index contributed by atoms with van der Waals surface area (Å²) in [6, 6.07) is 106. The van der Waals surface area contributed by atoms with Crippen molar-refractivity contribution in [2.45, 2.75) is 5.41 Å². The minimum atomic E-state index is -0.569. The number of nitrogens with zero attached hydrogens (tertiary/aromatic N) is 2. The summed E-state index contributed by atoms with van der Waals surface area (Å²) in [5.74, 6) is 1.64. The molecule has 0 saturated heterocycles. The molecule has 3 nitrogen and oxygen atoms in total. The van der Waals surface area contributed by atoms with Gasteiger partial charge in [0.15, 0.2) is 0 Å². The van der Waals surface area contributed by atoms with E-state index in [-0.39, 0.29) is 0 Å². The Balaban J connectivity index is 0.963. The smallest absolute Gasteiger partial charge is 0.138 e. The van der Waals surface area contributed by atoms with Crippen molar-refractivity contribution < 1.29 is 4.74 Å². The van der Waals surface area contributed by atoms with E-state index in [1.807, 2.05) is 0 Å². The van der Waals surface area contributed by atoms with E-state index >= 15 is 0 Å². The van der Waals surface area contributed by atoms with Crippen molar-refractivity contribution >= 4 is 44.9 Å². The Bertz CT molecular complexity index is 3930. The predicted octanol–water partition coefficient (Wildman–Crippen LogP) is 19.2. The van der Waals surface area contributed by atoms with Gasteiger partial charge in [-0.25, -0.2) is 0 Å². The van der Waals surface area contributed by atoms with Crippen molar-refractivity contribution in [1.82, 2.24) is 0 Å². The van der Waals surface area contributed by atoms with E-state index in [9.17, 15) is 0 Å². The lowest BCUT2D eigenvalue weighted by molar-refractivity contribution is 0.487. The second-order valence-electron chi connectivity index (χ2n) is 19.2. The topological polar surface area (TPSA) is 15.7 Å². The molecule has 3 heteroatoms. The SMILES string of the molecule is c1ccc(-c2ccc(-c3ccc(N(c4ccc5c(c4)C(c4ccccc4)(c4ccccc4)c4ccccc4-5)c4cccc5c4-c4cccc6cc(N(c7ccccc7)c7ccccc7)cc(c46)O5)cc3)cc2)cc1. The molecule has 2 aliphatic rings. The van der Waals surface area contributed by atoms with E-state index in [1.54, 1.807) is 0 Å².